The first-order chi connectivity index (χ1) is 23.7. The minimum atomic E-state index is 0.848. The van der Waals surface area contributed by atoms with E-state index in [9.17, 15) is 0 Å². The summed E-state index contributed by atoms with van der Waals surface area (Å²) in [6, 6.07) is 47.3. The summed E-state index contributed by atoms with van der Waals surface area (Å²) in [6.07, 6.45) is 0. The second-order valence-corrected chi connectivity index (χ2v) is 13.8. The largest absolute Gasteiger partial charge is 0.497 e. The van der Waals surface area contributed by atoms with Gasteiger partial charge in [0.1, 0.15) is 21.5 Å². The Hall–Kier alpha value is -5.56. The van der Waals surface area contributed by atoms with Gasteiger partial charge >= 0.3 is 0 Å². The lowest BCUT2D eigenvalue weighted by Crippen LogP contribution is -1.91. The smallest absolute Gasteiger partial charge is 0.124 e. The fourth-order valence-electron chi connectivity index (χ4n) is 6.62. The van der Waals surface area contributed by atoms with Gasteiger partial charge in [0.2, 0.25) is 0 Å². The zero-order valence-corrected chi connectivity index (χ0v) is 27.9. The van der Waals surface area contributed by atoms with Gasteiger partial charge in [-0.15, -0.1) is 22.7 Å². The first kappa shape index (κ1) is 28.6. The molecule has 0 saturated carbocycles. The van der Waals surface area contributed by atoms with Crippen LogP contribution in [0.2, 0.25) is 0 Å². The average molecular weight is 657 g/mol. The van der Waals surface area contributed by atoms with E-state index in [4.69, 9.17) is 19.4 Å². The van der Waals surface area contributed by atoms with Gasteiger partial charge in [-0.2, -0.15) is 0 Å². The quantitative estimate of drug-likeness (QED) is 0.167. The van der Waals surface area contributed by atoms with Gasteiger partial charge in [0, 0.05) is 11.1 Å². The molecule has 7 aromatic carbocycles. The predicted octanol–water partition coefficient (Wildman–Crippen LogP) is 11.9. The molecule has 9 aromatic rings. The molecule has 0 saturated heterocycles. The molecule has 6 heteroatoms. The van der Waals surface area contributed by atoms with Gasteiger partial charge in [-0.25, -0.2) is 9.97 Å². The average Bonchev–Trinajstić information content (AvgIpc) is 3.78. The summed E-state index contributed by atoms with van der Waals surface area (Å²) >= 11 is 3.38. The Balaban J connectivity index is 1.14. The number of ether oxygens (including phenoxy) is 2. The molecule has 48 heavy (non-hydrogen) atoms. The van der Waals surface area contributed by atoms with Crippen molar-refractivity contribution in [3.63, 3.8) is 0 Å². The summed E-state index contributed by atoms with van der Waals surface area (Å²) < 4.78 is 13.1. The van der Waals surface area contributed by atoms with Crippen LogP contribution in [0, 0.1) is 0 Å². The van der Waals surface area contributed by atoms with Gasteiger partial charge in [-0.1, -0.05) is 97.1 Å². The molecule has 0 aliphatic carbocycles. The molecule has 0 aliphatic rings. The molecule has 4 nitrogen and oxygen atoms in total. The molecular weight excluding hydrogens is 629 g/mol. The maximum absolute atomic E-state index is 5.42. The molecule has 230 valence electrons. The maximum atomic E-state index is 5.42. The van der Waals surface area contributed by atoms with Gasteiger partial charge in [-0.05, 0) is 80.2 Å². The second-order valence-electron chi connectivity index (χ2n) is 11.7. The van der Waals surface area contributed by atoms with E-state index >= 15 is 0 Å². The Morgan fingerprint density at radius 3 is 1.12 bits per heavy atom. The van der Waals surface area contributed by atoms with Crippen LogP contribution in [-0.2, 0) is 0 Å². The van der Waals surface area contributed by atoms with Gasteiger partial charge in [0.05, 0.1) is 34.7 Å². The maximum Gasteiger partial charge on any atom is 0.124 e. The molecule has 0 unspecified atom stereocenters. The number of hydrogen-bond donors (Lipinski definition) is 0. The lowest BCUT2D eigenvalue weighted by molar-refractivity contribution is 0.415. The van der Waals surface area contributed by atoms with E-state index in [0.29, 0.717) is 0 Å². The van der Waals surface area contributed by atoms with Crippen LogP contribution in [-0.4, -0.2) is 24.2 Å². The number of thiazole rings is 2. The Morgan fingerprint density at radius 1 is 0.417 bits per heavy atom. The zero-order chi connectivity index (χ0) is 32.2. The first-order valence-corrected chi connectivity index (χ1v) is 17.3. The predicted molar refractivity (Wildman–Crippen MR) is 203 cm³/mol. The highest BCUT2D eigenvalue weighted by Gasteiger charge is 2.17. The van der Waals surface area contributed by atoms with E-state index in [1.165, 1.54) is 43.8 Å². The van der Waals surface area contributed by atoms with E-state index in [-0.39, 0.29) is 0 Å². The highest BCUT2D eigenvalue weighted by molar-refractivity contribution is 7.22. The fraction of sp³-hybridized carbons (Fsp3) is 0.0476. The van der Waals surface area contributed by atoms with E-state index in [1.54, 1.807) is 36.9 Å². The Bertz CT molecular complexity index is 2400. The molecule has 2 aromatic heterocycles. The number of methoxy groups -OCH3 is 2. The molecule has 2 heterocycles. The number of rotatable bonds is 6. The summed E-state index contributed by atoms with van der Waals surface area (Å²) in [4.78, 5) is 9.81. The van der Waals surface area contributed by atoms with Crippen molar-refractivity contribution in [2.24, 2.45) is 0 Å². The molecule has 0 amide bonds. The summed E-state index contributed by atoms with van der Waals surface area (Å²) in [6.45, 7) is 0. The van der Waals surface area contributed by atoms with Crippen molar-refractivity contribution < 1.29 is 9.47 Å². The standard InChI is InChI=1S/C42H28N2O2S2/c1-45-29-19-21-35-37(23-29)47-41(43-35)27-15-11-25(12-16-27)39-31-7-3-5-9-33(31)40(34-10-6-4-8-32(34)39)26-13-17-28(18-14-26)42-44-36-22-20-30(46-2)24-38(36)48-42/h3-24H,1-2H3. The summed E-state index contributed by atoms with van der Waals surface area (Å²) in [7, 11) is 3.39. The molecule has 0 N–H and O–H groups in total. The van der Waals surface area contributed by atoms with Crippen LogP contribution in [0.15, 0.2) is 133 Å². The third-order valence-corrected chi connectivity index (χ3v) is 11.1. The van der Waals surface area contributed by atoms with Crippen molar-refractivity contribution >= 4 is 64.7 Å². The zero-order valence-electron chi connectivity index (χ0n) is 26.2. The fourth-order valence-corrected chi connectivity index (χ4v) is 8.62. The minimum absolute atomic E-state index is 0.848. The lowest BCUT2D eigenvalue weighted by atomic mass is 9.86. The van der Waals surface area contributed by atoms with E-state index in [1.807, 2.05) is 24.3 Å². The highest BCUT2D eigenvalue weighted by Crippen LogP contribution is 2.44. The van der Waals surface area contributed by atoms with Crippen LogP contribution in [0.3, 0.4) is 0 Å². The SMILES string of the molecule is COc1ccc2nc(-c3ccc(-c4c5ccccc5c(-c5ccc(-c6nc7ccc(OC)cc7s6)cc5)c5ccccc45)cc3)sc2c1. The summed E-state index contributed by atoms with van der Waals surface area (Å²) in [5.74, 6) is 1.70. The van der Waals surface area contributed by atoms with E-state index in [0.717, 1.165) is 53.1 Å². The van der Waals surface area contributed by atoms with Crippen LogP contribution in [0.25, 0.3) is 85.4 Å². The van der Waals surface area contributed by atoms with Gasteiger partial charge < -0.3 is 9.47 Å². The number of nitrogens with zero attached hydrogens (tertiary/aromatic N) is 2. The molecule has 9 rings (SSSR count). The van der Waals surface area contributed by atoms with Crippen LogP contribution in [0.1, 0.15) is 0 Å². The third-order valence-electron chi connectivity index (χ3n) is 8.96. The van der Waals surface area contributed by atoms with Gasteiger partial charge in [0.15, 0.2) is 0 Å². The van der Waals surface area contributed by atoms with Crippen LogP contribution in [0.5, 0.6) is 11.5 Å². The molecule has 0 fully saturated rings. The van der Waals surface area contributed by atoms with Crippen molar-refractivity contribution in [2.45, 2.75) is 0 Å². The van der Waals surface area contributed by atoms with Crippen LogP contribution < -0.4 is 9.47 Å². The Morgan fingerprint density at radius 2 is 0.771 bits per heavy atom. The van der Waals surface area contributed by atoms with Crippen LogP contribution >= 0.6 is 22.7 Å². The minimum Gasteiger partial charge on any atom is -0.497 e. The molecular formula is C42H28N2O2S2. The molecule has 0 radical (unpaired) electrons. The molecule has 0 bridgehead atoms. The summed E-state index contributed by atoms with van der Waals surface area (Å²) in [5, 5.41) is 6.93. The third kappa shape index (κ3) is 4.80. The van der Waals surface area contributed by atoms with Gasteiger partial charge in [-0.3, -0.25) is 0 Å². The number of hydrogen-bond acceptors (Lipinski definition) is 6. The van der Waals surface area contributed by atoms with Crippen LogP contribution in [0.4, 0.5) is 0 Å². The van der Waals surface area contributed by atoms with Crippen molar-refractivity contribution in [3.05, 3.63) is 133 Å². The number of fused-ring (bicyclic) bond motifs is 4. The van der Waals surface area contributed by atoms with E-state index < -0.39 is 0 Å². The second kappa shape index (κ2) is 11.6. The highest BCUT2D eigenvalue weighted by atomic mass is 32.1. The first-order valence-electron chi connectivity index (χ1n) is 15.7. The number of aromatic nitrogens is 2. The lowest BCUT2D eigenvalue weighted by Gasteiger charge is -2.18. The number of benzene rings is 7. The molecule has 0 aliphatic heterocycles. The Labute approximate surface area is 285 Å². The van der Waals surface area contributed by atoms with Gasteiger partial charge in [0.25, 0.3) is 0 Å². The van der Waals surface area contributed by atoms with Crippen molar-refractivity contribution in [1.82, 2.24) is 9.97 Å². The topological polar surface area (TPSA) is 44.2 Å². The molecule has 0 spiro atoms. The van der Waals surface area contributed by atoms with E-state index in [2.05, 4.69) is 109 Å². The van der Waals surface area contributed by atoms with Crippen molar-refractivity contribution in [3.8, 4) is 54.9 Å². The Kier molecular flexibility index (Phi) is 6.92. The van der Waals surface area contributed by atoms with Crippen molar-refractivity contribution in [2.75, 3.05) is 14.2 Å². The van der Waals surface area contributed by atoms with Crippen molar-refractivity contribution in [1.29, 1.82) is 0 Å². The monoisotopic (exact) mass is 656 g/mol. The molecule has 0 atom stereocenters. The normalized spacial score (nSPS) is 11.5. The summed E-state index contributed by atoms with van der Waals surface area (Å²) in [5.41, 5.74) is 9.04.